The van der Waals surface area contributed by atoms with Gasteiger partial charge in [-0.3, -0.25) is 5.10 Å². The van der Waals surface area contributed by atoms with Crippen LogP contribution in [0.2, 0.25) is 0 Å². The first-order chi connectivity index (χ1) is 10.5. The van der Waals surface area contributed by atoms with Crippen molar-refractivity contribution in [3.63, 3.8) is 0 Å². The van der Waals surface area contributed by atoms with Gasteiger partial charge in [-0.1, -0.05) is 26.0 Å². The summed E-state index contributed by atoms with van der Waals surface area (Å²) in [6.07, 6.45) is 5.33. The fourth-order valence-corrected chi connectivity index (χ4v) is 3.43. The molecule has 2 aromatic heterocycles. The van der Waals surface area contributed by atoms with Crippen molar-refractivity contribution >= 4 is 10.9 Å². The molecule has 3 aromatic rings. The molecule has 4 heteroatoms. The zero-order chi connectivity index (χ0) is 15.3. The first kappa shape index (κ1) is 13.4. The number of hydrogen-bond donors (Lipinski definition) is 1. The summed E-state index contributed by atoms with van der Waals surface area (Å²) in [6, 6.07) is 6.26. The monoisotopic (exact) mass is 292 g/mol. The summed E-state index contributed by atoms with van der Waals surface area (Å²) in [5.74, 6) is 0.754. The van der Waals surface area contributed by atoms with E-state index in [9.17, 15) is 0 Å². The molecule has 4 rings (SSSR count). The molecule has 0 atom stereocenters. The molecule has 0 unspecified atom stereocenters. The highest BCUT2D eigenvalue weighted by molar-refractivity contribution is 5.80. The summed E-state index contributed by atoms with van der Waals surface area (Å²) in [4.78, 5) is 9.30. The molecule has 0 saturated carbocycles. The third kappa shape index (κ3) is 2.02. The molecule has 1 N–H and O–H groups in total. The number of aryl methyl sites for hydroxylation is 1. The fraction of sp³-hybridized carbons (Fsp3) is 0.389. The van der Waals surface area contributed by atoms with Crippen LogP contribution in [0.1, 0.15) is 43.5 Å². The molecule has 0 spiro atoms. The van der Waals surface area contributed by atoms with Crippen molar-refractivity contribution in [3.8, 4) is 11.5 Å². The number of fused-ring (bicyclic) bond motifs is 2. The lowest BCUT2D eigenvalue weighted by Crippen LogP contribution is -2.23. The number of rotatable bonds is 1. The molecular formula is C18H20N4. The molecule has 0 bridgehead atoms. The average molecular weight is 292 g/mol. The Morgan fingerprint density at radius 2 is 2.09 bits per heavy atom. The molecular weight excluding hydrogens is 272 g/mol. The van der Waals surface area contributed by atoms with Crippen LogP contribution in [0, 0.1) is 6.92 Å². The van der Waals surface area contributed by atoms with Crippen molar-refractivity contribution in [2.24, 2.45) is 0 Å². The minimum atomic E-state index is 0.135. The highest BCUT2D eigenvalue weighted by Crippen LogP contribution is 2.38. The summed E-state index contributed by atoms with van der Waals surface area (Å²) >= 11 is 0. The highest BCUT2D eigenvalue weighted by atomic mass is 15.1. The maximum absolute atomic E-state index is 4.75. The Hall–Kier alpha value is -2.23. The summed E-state index contributed by atoms with van der Waals surface area (Å²) in [6.45, 7) is 6.61. The largest absolute Gasteiger partial charge is 0.274 e. The van der Waals surface area contributed by atoms with Crippen LogP contribution < -0.4 is 0 Å². The van der Waals surface area contributed by atoms with E-state index in [-0.39, 0.29) is 5.41 Å². The van der Waals surface area contributed by atoms with Gasteiger partial charge in [0, 0.05) is 22.6 Å². The van der Waals surface area contributed by atoms with E-state index in [4.69, 9.17) is 4.98 Å². The standard InChI is InChI=1S/C18H20N4/c1-11-6-7-12-10-19-17(20-14(12)9-11)15-13-5-4-8-18(2,3)16(13)22-21-15/h6-7,9-10H,4-5,8H2,1-3H3,(H,21,22). The fourth-order valence-electron chi connectivity index (χ4n) is 3.43. The molecule has 0 saturated heterocycles. The van der Waals surface area contributed by atoms with Gasteiger partial charge < -0.3 is 0 Å². The molecule has 112 valence electrons. The van der Waals surface area contributed by atoms with Crippen molar-refractivity contribution in [3.05, 3.63) is 41.2 Å². The van der Waals surface area contributed by atoms with Gasteiger partial charge in [0.15, 0.2) is 5.82 Å². The molecule has 2 heterocycles. The lowest BCUT2D eigenvalue weighted by atomic mass is 9.76. The van der Waals surface area contributed by atoms with Crippen molar-refractivity contribution in [2.45, 2.75) is 45.4 Å². The minimum absolute atomic E-state index is 0.135. The summed E-state index contributed by atoms with van der Waals surface area (Å²) in [5, 5.41) is 8.84. The topological polar surface area (TPSA) is 54.5 Å². The van der Waals surface area contributed by atoms with Crippen molar-refractivity contribution in [1.29, 1.82) is 0 Å². The zero-order valence-corrected chi connectivity index (χ0v) is 13.3. The molecule has 22 heavy (non-hydrogen) atoms. The number of hydrogen-bond acceptors (Lipinski definition) is 3. The Bertz CT molecular complexity index is 861. The van der Waals surface area contributed by atoms with Crippen LogP contribution in [-0.4, -0.2) is 20.2 Å². The molecule has 1 aliphatic rings. The predicted octanol–water partition coefficient (Wildman–Crippen LogP) is 3.94. The first-order valence-electron chi connectivity index (χ1n) is 7.86. The number of H-pyrrole nitrogens is 1. The van der Waals surface area contributed by atoms with Crippen LogP contribution in [0.25, 0.3) is 22.4 Å². The summed E-state index contributed by atoms with van der Waals surface area (Å²) < 4.78 is 0. The smallest absolute Gasteiger partial charge is 0.178 e. The Balaban J connectivity index is 1.88. The molecule has 0 amide bonds. The molecule has 0 radical (unpaired) electrons. The van der Waals surface area contributed by atoms with Gasteiger partial charge in [0.1, 0.15) is 5.69 Å². The van der Waals surface area contributed by atoms with Crippen molar-refractivity contribution < 1.29 is 0 Å². The number of nitrogens with one attached hydrogen (secondary N) is 1. The molecule has 0 aliphatic heterocycles. The number of nitrogens with zero attached hydrogens (tertiary/aromatic N) is 3. The van der Waals surface area contributed by atoms with Gasteiger partial charge in [0.25, 0.3) is 0 Å². The van der Waals surface area contributed by atoms with Gasteiger partial charge in [0.2, 0.25) is 0 Å². The minimum Gasteiger partial charge on any atom is -0.274 e. The molecule has 1 aromatic carbocycles. The Kier molecular flexibility index (Phi) is 2.83. The predicted molar refractivity (Wildman–Crippen MR) is 87.8 cm³/mol. The van der Waals surface area contributed by atoms with Gasteiger partial charge in [-0.05, 0) is 37.8 Å². The lowest BCUT2D eigenvalue weighted by Gasteiger charge is -2.28. The zero-order valence-electron chi connectivity index (χ0n) is 13.3. The van der Waals surface area contributed by atoms with E-state index in [1.54, 1.807) is 0 Å². The van der Waals surface area contributed by atoms with Crippen molar-refractivity contribution in [1.82, 2.24) is 20.2 Å². The second-order valence-electron chi connectivity index (χ2n) is 6.92. The average Bonchev–Trinajstić information content (AvgIpc) is 2.91. The SMILES string of the molecule is Cc1ccc2cnc(-c3[nH]nc4c3CCCC4(C)C)nc2c1. The normalized spacial score (nSPS) is 16.7. The maximum Gasteiger partial charge on any atom is 0.178 e. The summed E-state index contributed by atoms with van der Waals surface area (Å²) in [5.41, 5.74) is 5.81. The first-order valence-corrected chi connectivity index (χ1v) is 7.86. The second-order valence-corrected chi connectivity index (χ2v) is 6.92. The van der Waals surface area contributed by atoms with E-state index in [0.29, 0.717) is 0 Å². The van der Waals surface area contributed by atoms with Gasteiger partial charge >= 0.3 is 0 Å². The Morgan fingerprint density at radius 1 is 1.23 bits per heavy atom. The van der Waals surface area contributed by atoms with Crippen LogP contribution in [0.3, 0.4) is 0 Å². The van der Waals surface area contributed by atoms with E-state index in [2.05, 4.69) is 54.2 Å². The van der Waals surface area contributed by atoms with Gasteiger partial charge in [-0.2, -0.15) is 5.10 Å². The highest BCUT2D eigenvalue weighted by Gasteiger charge is 2.32. The molecule has 4 nitrogen and oxygen atoms in total. The third-order valence-electron chi connectivity index (χ3n) is 4.70. The maximum atomic E-state index is 4.75. The lowest BCUT2D eigenvalue weighted by molar-refractivity contribution is 0.420. The van der Waals surface area contributed by atoms with Gasteiger partial charge in [-0.25, -0.2) is 9.97 Å². The van der Waals surface area contributed by atoms with Crippen LogP contribution in [-0.2, 0) is 11.8 Å². The second kappa shape index (κ2) is 4.63. The number of aromatic nitrogens is 4. The van der Waals surface area contributed by atoms with Crippen molar-refractivity contribution in [2.75, 3.05) is 0 Å². The van der Waals surface area contributed by atoms with Crippen LogP contribution in [0.4, 0.5) is 0 Å². The molecule has 0 fully saturated rings. The Morgan fingerprint density at radius 3 is 2.95 bits per heavy atom. The quantitative estimate of drug-likeness (QED) is 0.739. The van der Waals surface area contributed by atoms with Crippen LogP contribution >= 0.6 is 0 Å². The van der Waals surface area contributed by atoms with Crippen LogP contribution in [0.5, 0.6) is 0 Å². The van der Waals surface area contributed by atoms with E-state index < -0.39 is 0 Å². The third-order valence-corrected chi connectivity index (χ3v) is 4.70. The van der Waals surface area contributed by atoms with E-state index in [1.165, 1.54) is 29.7 Å². The number of aromatic amines is 1. The van der Waals surface area contributed by atoms with E-state index in [1.807, 2.05) is 6.20 Å². The molecule has 1 aliphatic carbocycles. The van der Waals surface area contributed by atoms with Crippen LogP contribution in [0.15, 0.2) is 24.4 Å². The van der Waals surface area contributed by atoms with Gasteiger partial charge in [0.05, 0.1) is 11.2 Å². The van der Waals surface area contributed by atoms with E-state index >= 15 is 0 Å². The van der Waals surface area contributed by atoms with Gasteiger partial charge in [-0.15, -0.1) is 0 Å². The summed E-state index contributed by atoms with van der Waals surface area (Å²) in [7, 11) is 0. The number of benzene rings is 1. The van der Waals surface area contributed by atoms with E-state index in [0.717, 1.165) is 28.8 Å². The Labute approximate surface area is 130 Å².